The second-order valence-corrected chi connectivity index (χ2v) is 5.38. The molecule has 0 unspecified atom stereocenters. The molecule has 1 saturated heterocycles. The smallest absolute Gasteiger partial charge is 0.212 e. The molecule has 0 aliphatic carbocycles. The fraction of sp³-hybridized carbons (Fsp3) is 0.667. The van der Waals surface area contributed by atoms with Crippen LogP contribution in [0.4, 0.5) is 0 Å². The standard InChI is InChI=1S/C15H26N4O/c1-18-8-10-19(11-9-18)7-3-6-16-12-14-4-5-15(20-2)17-13-14/h4-5,13,16H,3,6-12H2,1-2H3. The molecule has 0 bridgehead atoms. The summed E-state index contributed by atoms with van der Waals surface area (Å²) < 4.78 is 5.05. The second kappa shape index (κ2) is 8.19. The summed E-state index contributed by atoms with van der Waals surface area (Å²) in [5.74, 6) is 0.670. The minimum Gasteiger partial charge on any atom is -0.481 e. The first-order valence-corrected chi connectivity index (χ1v) is 7.38. The van der Waals surface area contributed by atoms with Gasteiger partial charge in [0, 0.05) is 45.0 Å². The Balaban J connectivity index is 1.55. The zero-order valence-electron chi connectivity index (χ0n) is 12.6. The molecule has 20 heavy (non-hydrogen) atoms. The molecule has 5 nitrogen and oxygen atoms in total. The lowest BCUT2D eigenvalue weighted by atomic mass is 10.2. The molecule has 0 radical (unpaired) electrons. The number of pyridine rings is 1. The Labute approximate surface area is 121 Å². The molecular formula is C15H26N4O. The molecule has 1 aromatic heterocycles. The Hall–Kier alpha value is -1.17. The third-order valence-electron chi connectivity index (χ3n) is 3.76. The predicted octanol–water partition coefficient (Wildman–Crippen LogP) is 0.817. The highest BCUT2D eigenvalue weighted by Gasteiger charge is 2.12. The Morgan fingerprint density at radius 3 is 2.70 bits per heavy atom. The van der Waals surface area contributed by atoms with E-state index in [-0.39, 0.29) is 0 Å². The molecule has 1 N–H and O–H groups in total. The van der Waals surface area contributed by atoms with Gasteiger partial charge in [-0.25, -0.2) is 4.98 Å². The van der Waals surface area contributed by atoms with Crippen molar-refractivity contribution >= 4 is 0 Å². The summed E-state index contributed by atoms with van der Waals surface area (Å²) in [6.07, 6.45) is 3.07. The van der Waals surface area contributed by atoms with Gasteiger partial charge in [-0.15, -0.1) is 0 Å². The largest absolute Gasteiger partial charge is 0.481 e. The summed E-state index contributed by atoms with van der Waals surface area (Å²) in [6.45, 7) is 7.94. The van der Waals surface area contributed by atoms with E-state index in [1.165, 1.54) is 44.7 Å². The van der Waals surface area contributed by atoms with E-state index in [0.717, 1.165) is 13.1 Å². The number of hydrogen-bond donors (Lipinski definition) is 1. The van der Waals surface area contributed by atoms with Crippen molar-refractivity contribution in [3.8, 4) is 5.88 Å². The first-order chi connectivity index (χ1) is 9.78. The molecule has 2 heterocycles. The minimum atomic E-state index is 0.670. The van der Waals surface area contributed by atoms with E-state index in [1.807, 2.05) is 12.3 Å². The fourth-order valence-corrected chi connectivity index (χ4v) is 2.37. The van der Waals surface area contributed by atoms with Crippen LogP contribution < -0.4 is 10.1 Å². The van der Waals surface area contributed by atoms with Crippen LogP contribution in [0.25, 0.3) is 0 Å². The van der Waals surface area contributed by atoms with Crippen LogP contribution in [0.3, 0.4) is 0 Å². The summed E-state index contributed by atoms with van der Waals surface area (Å²) >= 11 is 0. The number of nitrogens with zero attached hydrogens (tertiary/aromatic N) is 3. The maximum absolute atomic E-state index is 5.05. The van der Waals surface area contributed by atoms with Gasteiger partial charge in [-0.3, -0.25) is 0 Å². The van der Waals surface area contributed by atoms with Crippen LogP contribution in [-0.4, -0.2) is 68.2 Å². The minimum absolute atomic E-state index is 0.670. The van der Waals surface area contributed by atoms with Gasteiger partial charge in [0.25, 0.3) is 0 Å². The van der Waals surface area contributed by atoms with E-state index in [4.69, 9.17) is 4.74 Å². The zero-order chi connectivity index (χ0) is 14.2. The Kier molecular flexibility index (Phi) is 6.24. The van der Waals surface area contributed by atoms with Gasteiger partial charge in [-0.1, -0.05) is 6.07 Å². The quantitative estimate of drug-likeness (QED) is 0.748. The molecule has 1 aliphatic rings. The van der Waals surface area contributed by atoms with Crippen molar-refractivity contribution in [3.05, 3.63) is 23.9 Å². The summed E-state index contributed by atoms with van der Waals surface area (Å²) in [6, 6.07) is 3.96. The Morgan fingerprint density at radius 2 is 2.05 bits per heavy atom. The SMILES string of the molecule is COc1ccc(CNCCCN2CCN(C)CC2)cn1. The topological polar surface area (TPSA) is 40.6 Å². The monoisotopic (exact) mass is 278 g/mol. The number of likely N-dealkylation sites (N-methyl/N-ethyl adjacent to an activating group) is 1. The molecule has 1 aromatic rings. The molecule has 0 aromatic carbocycles. The number of aromatic nitrogens is 1. The van der Waals surface area contributed by atoms with E-state index >= 15 is 0 Å². The van der Waals surface area contributed by atoms with Crippen LogP contribution in [0, 0.1) is 0 Å². The molecular weight excluding hydrogens is 252 g/mol. The van der Waals surface area contributed by atoms with Gasteiger partial charge in [0.15, 0.2) is 0 Å². The van der Waals surface area contributed by atoms with Crippen molar-refractivity contribution in [1.29, 1.82) is 0 Å². The molecule has 0 spiro atoms. The molecule has 1 fully saturated rings. The summed E-state index contributed by atoms with van der Waals surface area (Å²) in [5.41, 5.74) is 1.20. The first kappa shape index (κ1) is 15.2. The summed E-state index contributed by atoms with van der Waals surface area (Å²) in [4.78, 5) is 9.15. The third-order valence-corrected chi connectivity index (χ3v) is 3.76. The van der Waals surface area contributed by atoms with Crippen LogP contribution in [0.15, 0.2) is 18.3 Å². The van der Waals surface area contributed by atoms with Gasteiger partial charge in [0.05, 0.1) is 7.11 Å². The first-order valence-electron chi connectivity index (χ1n) is 7.38. The van der Waals surface area contributed by atoms with Crippen LogP contribution in [0.2, 0.25) is 0 Å². The molecule has 2 rings (SSSR count). The third kappa shape index (κ3) is 5.07. The lowest BCUT2D eigenvalue weighted by Crippen LogP contribution is -2.45. The summed E-state index contributed by atoms with van der Waals surface area (Å²) in [5, 5.41) is 3.47. The van der Waals surface area contributed by atoms with Crippen molar-refractivity contribution < 1.29 is 4.74 Å². The average Bonchev–Trinajstić information content (AvgIpc) is 2.49. The van der Waals surface area contributed by atoms with Gasteiger partial charge in [0.2, 0.25) is 5.88 Å². The highest BCUT2D eigenvalue weighted by Crippen LogP contribution is 2.06. The molecule has 0 atom stereocenters. The van der Waals surface area contributed by atoms with Crippen LogP contribution in [0.1, 0.15) is 12.0 Å². The number of hydrogen-bond acceptors (Lipinski definition) is 5. The van der Waals surface area contributed by atoms with Crippen LogP contribution in [0.5, 0.6) is 5.88 Å². The van der Waals surface area contributed by atoms with E-state index in [9.17, 15) is 0 Å². The van der Waals surface area contributed by atoms with Crippen molar-refractivity contribution in [2.24, 2.45) is 0 Å². The van der Waals surface area contributed by atoms with Gasteiger partial charge < -0.3 is 19.9 Å². The molecule has 112 valence electrons. The lowest BCUT2D eigenvalue weighted by Gasteiger charge is -2.32. The van der Waals surface area contributed by atoms with Crippen molar-refractivity contribution in [2.75, 3.05) is 53.4 Å². The fourth-order valence-electron chi connectivity index (χ4n) is 2.37. The van der Waals surface area contributed by atoms with Crippen LogP contribution >= 0.6 is 0 Å². The van der Waals surface area contributed by atoms with Crippen molar-refractivity contribution in [3.63, 3.8) is 0 Å². The van der Waals surface area contributed by atoms with Gasteiger partial charge in [-0.05, 0) is 32.1 Å². The average molecular weight is 278 g/mol. The lowest BCUT2D eigenvalue weighted by molar-refractivity contribution is 0.153. The molecule has 5 heteroatoms. The molecule has 1 aliphatic heterocycles. The Bertz CT molecular complexity index is 374. The normalized spacial score (nSPS) is 17.3. The number of rotatable bonds is 7. The predicted molar refractivity (Wildman–Crippen MR) is 81.0 cm³/mol. The van der Waals surface area contributed by atoms with E-state index in [2.05, 4.69) is 33.2 Å². The maximum atomic E-state index is 5.05. The maximum Gasteiger partial charge on any atom is 0.212 e. The van der Waals surface area contributed by atoms with E-state index in [1.54, 1.807) is 7.11 Å². The molecule has 0 saturated carbocycles. The Morgan fingerprint density at radius 1 is 1.25 bits per heavy atom. The number of piperazine rings is 1. The highest BCUT2D eigenvalue weighted by atomic mass is 16.5. The number of nitrogens with one attached hydrogen (secondary N) is 1. The second-order valence-electron chi connectivity index (χ2n) is 5.38. The number of methoxy groups -OCH3 is 1. The van der Waals surface area contributed by atoms with Gasteiger partial charge in [0.1, 0.15) is 0 Å². The van der Waals surface area contributed by atoms with Gasteiger partial charge >= 0.3 is 0 Å². The molecule has 0 amide bonds. The zero-order valence-corrected chi connectivity index (χ0v) is 12.6. The number of ether oxygens (including phenoxy) is 1. The summed E-state index contributed by atoms with van der Waals surface area (Å²) in [7, 11) is 3.83. The van der Waals surface area contributed by atoms with Crippen molar-refractivity contribution in [2.45, 2.75) is 13.0 Å². The van der Waals surface area contributed by atoms with Crippen molar-refractivity contribution in [1.82, 2.24) is 20.1 Å². The van der Waals surface area contributed by atoms with Gasteiger partial charge in [-0.2, -0.15) is 0 Å². The van der Waals surface area contributed by atoms with E-state index in [0.29, 0.717) is 5.88 Å². The highest BCUT2D eigenvalue weighted by molar-refractivity contribution is 5.17. The van der Waals surface area contributed by atoms with E-state index < -0.39 is 0 Å². The van der Waals surface area contributed by atoms with Crippen LogP contribution in [-0.2, 0) is 6.54 Å².